The van der Waals surface area contributed by atoms with E-state index in [0.29, 0.717) is 19.4 Å². The minimum absolute atomic E-state index is 0.0483. The minimum Gasteiger partial charge on any atom is -0.469 e. The van der Waals surface area contributed by atoms with Crippen LogP contribution < -0.4 is 0 Å². The van der Waals surface area contributed by atoms with Crippen molar-refractivity contribution in [2.75, 3.05) is 13.7 Å². The van der Waals surface area contributed by atoms with Gasteiger partial charge in [-0.3, -0.25) is 9.59 Å². The van der Waals surface area contributed by atoms with Crippen LogP contribution >= 0.6 is 0 Å². The Bertz CT molecular complexity index is 274. The van der Waals surface area contributed by atoms with Crippen molar-refractivity contribution in [1.29, 1.82) is 0 Å². The van der Waals surface area contributed by atoms with Gasteiger partial charge in [-0.15, -0.1) is 0 Å². The number of carbonyl (C=O) groups is 2. The molecule has 3 atom stereocenters. The van der Waals surface area contributed by atoms with Crippen LogP contribution in [0.15, 0.2) is 0 Å². The van der Waals surface area contributed by atoms with E-state index in [0.717, 1.165) is 12.8 Å². The quantitative estimate of drug-likeness (QED) is 0.607. The van der Waals surface area contributed by atoms with Gasteiger partial charge in [0.05, 0.1) is 25.7 Å². The van der Waals surface area contributed by atoms with Gasteiger partial charge >= 0.3 is 5.97 Å². The van der Waals surface area contributed by atoms with Crippen molar-refractivity contribution in [3.8, 4) is 0 Å². The number of Topliss-reactive ketones (excluding diaryl/α,β-unsaturated/α-hetero) is 1. The van der Waals surface area contributed by atoms with E-state index in [9.17, 15) is 9.59 Å². The maximum atomic E-state index is 11.7. The van der Waals surface area contributed by atoms with Crippen LogP contribution in [0.1, 0.15) is 25.7 Å². The molecule has 2 aliphatic rings. The molecule has 4 heteroatoms. The molecule has 4 nitrogen and oxygen atoms in total. The first-order valence-corrected chi connectivity index (χ1v) is 5.44. The average Bonchev–Trinajstić information content (AvgIpc) is 2.28. The number of fused-ring (bicyclic) bond motifs is 1. The highest BCUT2D eigenvalue weighted by molar-refractivity contribution is 5.83. The molecule has 15 heavy (non-hydrogen) atoms. The van der Waals surface area contributed by atoms with Gasteiger partial charge in [-0.1, -0.05) is 0 Å². The Morgan fingerprint density at radius 3 is 3.00 bits per heavy atom. The average molecular weight is 212 g/mol. The Balaban J connectivity index is 2.02. The van der Waals surface area contributed by atoms with Gasteiger partial charge < -0.3 is 9.47 Å². The van der Waals surface area contributed by atoms with Crippen LogP contribution in [0.4, 0.5) is 0 Å². The summed E-state index contributed by atoms with van der Waals surface area (Å²) in [5.41, 5.74) is 0. The van der Waals surface area contributed by atoms with Gasteiger partial charge in [-0.25, -0.2) is 0 Å². The van der Waals surface area contributed by atoms with E-state index < -0.39 is 0 Å². The molecule has 0 N–H and O–H groups in total. The second-order valence-electron chi connectivity index (χ2n) is 4.27. The number of ketones is 1. The van der Waals surface area contributed by atoms with Gasteiger partial charge in [0, 0.05) is 12.3 Å². The molecule has 1 aliphatic carbocycles. The SMILES string of the molecule is COC(=O)C1CCC2OCCC(=O)C2C1. The molecule has 0 spiro atoms. The Morgan fingerprint density at radius 1 is 1.47 bits per heavy atom. The Kier molecular flexibility index (Phi) is 3.05. The molecule has 0 bridgehead atoms. The van der Waals surface area contributed by atoms with E-state index in [2.05, 4.69) is 0 Å². The molecule has 84 valence electrons. The van der Waals surface area contributed by atoms with E-state index >= 15 is 0 Å². The highest BCUT2D eigenvalue weighted by atomic mass is 16.5. The molecule has 2 rings (SSSR count). The molecule has 2 fully saturated rings. The van der Waals surface area contributed by atoms with Crippen LogP contribution in [-0.4, -0.2) is 31.6 Å². The Hall–Kier alpha value is -0.900. The summed E-state index contributed by atoms with van der Waals surface area (Å²) in [5.74, 6) is -0.120. The highest BCUT2D eigenvalue weighted by Crippen LogP contribution is 2.35. The molecule has 1 aliphatic heterocycles. The Labute approximate surface area is 88.9 Å². The topological polar surface area (TPSA) is 52.6 Å². The molecule has 0 amide bonds. The van der Waals surface area contributed by atoms with Crippen molar-refractivity contribution in [2.45, 2.75) is 31.8 Å². The summed E-state index contributed by atoms with van der Waals surface area (Å²) in [4.78, 5) is 23.0. The van der Waals surface area contributed by atoms with Gasteiger partial charge in [0.15, 0.2) is 0 Å². The summed E-state index contributed by atoms with van der Waals surface area (Å²) in [7, 11) is 1.40. The van der Waals surface area contributed by atoms with Crippen molar-refractivity contribution in [2.24, 2.45) is 11.8 Å². The largest absolute Gasteiger partial charge is 0.469 e. The lowest BCUT2D eigenvalue weighted by Gasteiger charge is -2.36. The van der Waals surface area contributed by atoms with Crippen molar-refractivity contribution < 1.29 is 19.1 Å². The first-order valence-electron chi connectivity index (χ1n) is 5.44. The van der Waals surface area contributed by atoms with Gasteiger partial charge in [0.1, 0.15) is 5.78 Å². The van der Waals surface area contributed by atoms with E-state index in [-0.39, 0.29) is 29.7 Å². The summed E-state index contributed by atoms with van der Waals surface area (Å²) in [6.07, 6.45) is 2.73. The van der Waals surface area contributed by atoms with Gasteiger partial charge in [0.25, 0.3) is 0 Å². The number of carbonyl (C=O) groups excluding carboxylic acids is 2. The van der Waals surface area contributed by atoms with E-state index in [1.807, 2.05) is 0 Å². The molecule has 0 aromatic heterocycles. The van der Waals surface area contributed by atoms with E-state index in [1.165, 1.54) is 7.11 Å². The molecular weight excluding hydrogens is 196 g/mol. The maximum absolute atomic E-state index is 11.7. The van der Waals surface area contributed by atoms with Crippen LogP contribution in [0.5, 0.6) is 0 Å². The zero-order valence-electron chi connectivity index (χ0n) is 8.90. The fraction of sp³-hybridized carbons (Fsp3) is 0.818. The molecule has 1 saturated heterocycles. The molecular formula is C11H16O4. The maximum Gasteiger partial charge on any atom is 0.308 e. The molecule has 1 heterocycles. The number of methoxy groups -OCH3 is 1. The number of esters is 1. The zero-order chi connectivity index (χ0) is 10.8. The van der Waals surface area contributed by atoms with Gasteiger partial charge in [-0.05, 0) is 19.3 Å². The fourth-order valence-corrected chi connectivity index (χ4v) is 2.56. The molecule has 3 unspecified atom stereocenters. The summed E-state index contributed by atoms with van der Waals surface area (Å²) < 4.78 is 10.3. The Morgan fingerprint density at radius 2 is 2.27 bits per heavy atom. The summed E-state index contributed by atoms with van der Waals surface area (Å²) in [5, 5.41) is 0. The lowest BCUT2D eigenvalue weighted by Crippen LogP contribution is -2.42. The normalized spacial score (nSPS) is 35.8. The van der Waals surface area contributed by atoms with Crippen molar-refractivity contribution in [1.82, 2.24) is 0 Å². The number of rotatable bonds is 1. The minimum atomic E-state index is -0.188. The predicted molar refractivity (Wildman–Crippen MR) is 52.2 cm³/mol. The highest BCUT2D eigenvalue weighted by Gasteiger charge is 2.40. The fourth-order valence-electron chi connectivity index (χ4n) is 2.56. The monoisotopic (exact) mass is 212 g/mol. The second kappa shape index (κ2) is 4.31. The molecule has 0 aromatic rings. The van der Waals surface area contributed by atoms with Gasteiger partial charge in [0.2, 0.25) is 0 Å². The molecule has 0 radical (unpaired) electrons. The predicted octanol–water partition coefficient (Wildman–Crippen LogP) is 0.934. The molecule has 1 saturated carbocycles. The van der Waals surface area contributed by atoms with E-state index in [4.69, 9.17) is 9.47 Å². The number of hydrogen-bond donors (Lipinski definition) is 0. The standard InChI is InChI=1S/C11H16O4/c1-14-11(13)7-2-3-10-8(6-7)9(12)4-5-15-10/h7-8,10H,2-6H2,1H3. The third-order valence-corrected chi connectivity index (χ3v) is 3.42. The second-order valence-corrected chi connectivity index (χ2v) is 4.27. The van der Waals surface area contributed by atoms with Gasteiger partial charge in [-0.2, -0.15) is 0 Å². The summed E-state index contributed by atoms with van der Waals surface area (Å²) in [6.45, 7) is 0.545. The first kappa shape index (κ1) is 10.6. The van der Waals surface area contributed by atoms with Crippen LogP contribution in [0.2, 0.25) is 0 Å². The van der Waals surface area contributed by atoms with Crippen LogP contribution in [0.3, 0.4) is 0 Å². The third kappa shape index (κ3) is 2.04. The first-order chi connectivity index (χ1) is 7.22. The zero-order valence-corrected chi connectivity index (χ0v) is 8.90. The molecule has 0 aromatic carbocycles. The third-order valence-electron chi connectivity index (χ3n) is 3.42. The number of hydrogen-bond acceptors (Lipinski definition) is 4. The van der Waals surface area contributed by atoms with Crippen molar-refractivity contribution >= 4 is 11.8 Å². The lowest BCUT2D eigenvalue weighted by molar-refractivity contribution is -0.153. The van der Waals surface area contributed by atoms with Crippen molar-refractivity contribution in [3.05, 3.63) is 0 Å². The summed E-state index contributed by atoms with van der Waals surface area (Å²) in [6, 6.07) is 0. The van der Waals surface area contributed by atoms with E-state index in [1.54, 1.807) is 0 Å². The summed E-state index contributed by atoms with van der Waals surface area (Å²) >= 11 is 0. The van der Waals surface area contributed by atoms with Crippen LogP contribution in [0, 0.1) is 11.8 Å². The lowest BCUT2D eigenvalue weighted by atomic mass is 9.75. The van der Waals surface area contributed by atoms with Crippen LogP contribution in [0.25, 0.3) is 0 Å². The number of ether oxygens (including phenoxy) is 2. The van der Waals surface area contributed by atoms with Crippen LogP contribution in [-0.2, 0) is 19.1 Å². The smallest absolute Gasteiger partial charge is 0.308 e. The van der Waals surface area contributed by atoms with Crippen molar-refractivity contribution in [3.63, 3.8) is 0 Å².